The van der Waals surface area contributed by atoms with Crippen LogP contribution in [0.4, 0.5) is 5.69 Å². The molecule has 0 aliphatic rings. The number of H-pyrrole nitrogens is 1. The van der Waals surface area contributed by atoms with E-state index in [0.717, 1.165) is 10.2 Å². The van der Waals surface area contributed by atoms with Crippen LogP contribution in [-0.4, -0.2) is 26.9 Å². The number of hydrogen-bond acceptors (Lipinski definition) is 5. The van der Waals surface area contributed by atoms with Crippen molar-refractivity contribution in [3.8, 4) is 11.6 Å². The zero-order valence-corrected chi connectivity index (χ0v) is 10.1. The summed E-state index contributed by atoms with van der Waals surface area (Å²) in [5.74, 6) is 0.968. The summed E-state index contributed by atoms with van der Waals surface area (Å²) in [7, 11) is 1.84. The molecule has 7 heteroatoms. The van der Waals surface area contributed by atoms with Crippen molar-refractivity contribution < 1.29 is 4.74 Å². The molecule has 3 rings (SSSR count). The molecule has 0 saturated carbocycles. The number of ether oxygens (including phenoxy) is 1. The fraction of sp³-hybridized carbons (Fsp3) is 0.0833. The average Bonchev–Trinajstić information content (AvgIpc) is 2.81. The SMILES string of the molecule is CNc1ccc(Oc2ccc3n[nH]c(=O)n3n2)cc1. The Labute approximate surface area is 107 Å². The predicted octanol–water partition coefficient (Wildman–Crippen LogP) is 1.25. The third kappa shape index (κ3) is 2.13. The molecule has 2 N–H and O–H groups in total. The van der Waals surface area contributed by atoms with Crippen LogP contribution in [0.5, 0.6) is 11.6 Å². The molecule has 0 aliphatic carbocycles. The second-order valence-electron chi connectivity index (χ2n) is 3.85. The van der Waals surface area contributed by atoms with Crippen LogP contribution in [0.25, 0.3) is 5.65 Å². The van der Waals surface area contributed by atoms with Gasteiger partial charge < -0.3 is 10.1 Å². The van der Waals surface area contributed by atoms with E-state index in [1.807, 2.05) is 31.3 Å². The maximum atomic E-state index is 11.4. The molecule has 2 aromatic heterocycles. The van der Waals surface area contributed by atoms with E-state index >= 15 is 0 Å². The zero-order valence-electron chi connectivity index (χ0n) is 10.1. The van der Waals surface area contributed by atoms with E-state index in [1.165, 1.54) is 0 Å². The lowest BCUT2D eigenvalue weighted by Crippen LogP contribution is -2.12. The maximum absolute atomic E-state index is 11.4. The number of aromatic nitrogens is 4. The molecule has 0 amide bonds. The molecule has 19 heavy (non-hydrogen) atoms. The van der Waals surface area contributed by atoms with Gasteiger partial charge in [0.05, 0.1) is 0 Å². The molecule has 7 nitrogen and oxygen atoms in total. The summed E-state index contributed by atoms with van der Waals surface area (Å²) in [6.45, 7) is 0. The van der Waals surface area contributed by atoms with Crippen molar-refractivity contribution in [2.24, 2.45) is 0 Å². The smallest absolute Gasteiger partial charge is 0.364 e. The van der Waals surface area contributed by atoms with Gasteiger partial charge in [-0.15, -0.1) is 5.10 Å². The van der Waals surface area contributed by atoms with Gasteiger partial charge in [0, 0.05) is 18.8 Å². The van der Waals surface area contributed by atoms with Crippen LogP contribution in [0.2, 0.25) is 0 Å². The van der Waals surface area contributed by atoms with Crippen LogP contribution in [0.3, 0.4) is 0 Å². The molecule has 0 aliphatic heterocycles. The minimum Gasteiger partial charge on any atom is -0.438 e. The average molecular weight is 257 g/mol. The van der Waals surface area contributed by atoms with Gasteiger partial charge in [-0.1, -0.05) is 0 Å². The van der Waals surface area contributed by atoms with Gasteiger partial charge in [0.15, 0.2) is 5.65 Å². The Kier molecular flexibility index (Phi) is 2.64. The van der Waals surface area contributed by atoms with Gasteiger partial charge in [-0.05, 0) is 30.3 Å². The first-order valence-electron chi connectivity index (χ1n) is 5.66. The van der Waals surface area contributed by atoms with Gasteiger partial charge in [-0.25, -0.2) is 9.89 Å². The summed E-state index contributed by atoms with van der Waals surface area (Å²) in [6, 6.07) is 10.7. The Balaban J connectivity index is 1.91. The highest BCUT2D eigenvalue weighted by Crippen LogP contribution is 2.20. The maximum Gasteiger partial charge on any atom is 0.364 e. The molecule has 0 bridgehead atoms. The van der Waals surface area contributed by atoms with Crippen LogP contribution in [0, 0.1) is 0 Å². The third-order valence-electron chi connectivity index (χ3n) is 2.61. The predicted molar refractivity (Wildman–Crippen MR) is 69.7 cm³/mol. The van der Waals surface area contributed by atoms with Crippen LogP contribution < -0.4 is 15.7 Å². The summed E-state index contributed by atoms with van der Waals surface area (Å²) in [6.07, 6.45) is 0. The van der Waals surface area contributed by atoms with Gasteiger partial charge in [-0.3, -0.25) is 0 Å². The van der Waals surface area contributed by atoms with E-state index in [9.17, 15) is 4.79 Å². The second-order valence-corrected chi connectivity index (χ2v) is 3.85. The Morgan fingerprint density at radius 3 is 2.74 bits per heavy atom. The largest absolute Gasteiger partial charge is 0.438 e. The normalized spacial score (nSPS) is 10.6. The lowest BCUT2D eigenvalue weighted by Gasteiger charge is -2.05. The van der Waals surface area contributed by atoms with Crippen molar-refractivity contribution in [3.63, 3.8) is 0 Å². The minimum atomic E-state index is -0.397. The molecule has 0 atom stereocenters. The fourth-order valence-corrected chi connectivity index (χ4v) is 1.65. The molecule has 0 saturated heterocycles. The summed E-state index contributed by atoms with van der Waals surface area (Å²) < 4.78 is 6.72. The molecular weight excluding hydrogens is 246 g/mol. The number of hydrogen-bond donors (Lipinski definition) is 2. The topological polar surface area (TPSA) is 84.3 Å². The summed E-state index contributed by atoms with van der Waals surface area (Å²) >= 11 is 0. The van der Waals surface area contributed by atoms with Gasteiger partial charge in [0.2, 0.25) is 5.88 Å². The molecule has 96 valence electrons. The van der Waals surface area contributed by atoms with Crippen LogP contribution in [-0.2, 0) is 0 Å². The van der Waals surface area contributed by atoms with Crippen molar-refractivity contribution in [3.05, 3.63) is 46.9 Å². The highest BCUT2D eigenvalue weighted by atomic mass is 16.5. The Bertz CT molecular complexity index is 760. The fourth-order valence-electron chi connectivity index (χ4n) is 1.65. The van der Waals surface area contributed by atoms with Crippen LogP contribution >= 0.6 is 0 Å². The van der Waals surface area contributed by atoms with E-state index in [0.29, 0.717) is 17.3 Å². The number of nitrogens with zero attached hydrogens (tertiary/aromatic N) is 3. The zero-order chi connectivity index (χ0) is 13.2. The Hall–Kier alpha value is -2.83. The monoisotopic (exact) mass is 257 g/mol. The quantitative estimate of drug-likeness (QED) is 0.737. The van der Waals surface area contributed by atoms with E-state index < -0.39 is 5.69 Å². The molecular formula is C12H11N5O2. The molecule has 0 unspecified atom stereocenters. The number of nitrogens with one attached hydrogen (secondary N) is 2. The van der Waals surface area contributed by atoms with Crippen LogP contribution in [0.1, 0.15) is 0 Å². The van der Waals surface area contributed by atoms with E-state index in [1.54, 1.807) is 12.1 Å². The first-order valence-corrected chi connectivity index (χ1v) is 5.66. The number of fused-ring (bicyclic) bond motifs is 1. The standard InChI is InChI=1S/C12H11N5O2/c1-13-8-2-4-9(5-3-8)19-11-7-6-10-14-15-12(18)17(10)16-11/h2-7,13H,1H3,(H,15,18). The van der Waals surface area contributed by atoms with E-state index in [4.69, 9.17) is 4.74 Å². The number of aromatic amines is 1. The second kappa shape index (κ2) is 4.45. The minimum absolute atomic E-state index is 0.327. The van der Waals surface area contributed by atoms with Gasteiger partial charge in [-0.2, -0.15) is 9.61 Å². The molecule has 0 spiro atoms. The van der Waals surface area contributed by atoms with E-state index in [-0.39, 0.29) is 0 Å². The molecule has 0 fully saturated rings. The molecule has 0 radical (unpaired) electrons. The van der Waals surface area contributed by atoms with Gasteiger partial charge >= 0.3 is 5.69 Å². The number of anilines is 1. The first-order chi connectivity index (χ1) is 9.26. The molecule has 2 heterocycles. The lowest BCUT2D eigenvalue weighted by atomic mass is 10.3. The van der Waals surface area contributed by atoms with Crippen molar-refractivity contribution >= 4 is 11.3 Å². The van der Waals surface area contributed by atoms with Gasteiger partial charge in [0.1, 0.15) is 5.75 Å². The molecule has 1 aromatic carbocycles. The first kappa shape index (κ1) is 11.3. The van der Waals surface area contributed by atoms with E-state index in [2.05, 4.69) is 20.6 Å². The van der Waals surface area contributed by atoms with Gasteiger partial charge in [0.25, 0.3) is 0 Å². The number of benzene rings is 1. The van der Waals surface area contributed by atoms with Crippen molar-refractivity contribution in [1.82, 2.24) is 19.8 Å². The lowest BCUT2D eigenvalue weighted by molar-refractivity contribution is 0.451. The van der Waals surface area contributed by atoms with Crippen molar-refractivity contribution in [1.29, 1.82) is 0 Å². The van der Waals surface area contributed by atoms with Crippen molar-refractivity contribution in [2.75, 3.05) is 12.4 Å². The highest BCUT2D eigenvalue weighted by Gasteiger charge is 2.04. The molecule has 3 aromatic rings. The Morgan fingerprint density at radius 2 is 2.00 bits per heavy atom. The summed E-state index contributed by atoms with van der Waals surface area (Å²) in [5, 5.41) is 13.2. The Morgan fingerprint density at radius 1 is 1.21 bits per heavy atom. The number of rotatable bonds is 3. The third-order valence-corrected chi connectivity index (χ3v) is 2.61. The highest BCUT2D eigenvalue weighted by molar-refractivity contribution is 5.46. The summed E-state index contributed by atoms with van der Waals surface area (Å²) in [5.41, 5.74) is 1.04. The van der Waals surface area contributed by atoms with Crippen LogP contribution in [0.15, 0.2) is 41.2 Å². The van der Waals surface area contributed by atoms with Crippen molar-refractivity contribution in [2.45, 2.75) is 0 Å². The summed E-state index contributed by atoms with van der Waals surface area (Å²) in [4.78, 5) is 11.4.